The molecule has 1 atom stereocenters. The van der Waals surface area contributed by atoms with Crippen LogP contribution in [0, 0.1) is 11.3 Å². The number of nitrogens with zero attached hydrogens (tertiary/aromatic N) is 5. The molecule has 2 aromatic heterocycles. The van der Waals surface area contributed by atoms with Gasteiger partial charge in [0.1, 0.15) is 6.07 Å². The Morgan fingerprint density at radius 1 is 1.40 bits per heavy atom. The number of hydrogen-bond donors (Lipinski definition) is 1. The van der Waals surface area contributed by atoms with Gasteiger partial charge in [-0.15, -0.1) is 16.4 Å². The first-order valence-corrected chi connectivity index (χ1v) is 9.18. The molecule has 0 aliphatic rings. The van der Waals surface area contributed by atoms with Crippen LogP contribution in [0.25, 0.3) is 0 Å². The lowest BCUT2D eigenvalue weighted by Gasteiger charge is -2.12. The molecule has 3 rings (SSSR count). The van der Waals surface area contributed by atoms with E-state index in [4.69, 9.17) is 5.26 Å². The molecule has 0 fully saturated rings. The fourth-order valence-electron chi connectivity index (χ4n) is 2.07. The van der Waals surface area contributed by atoms with Gasteiger partial charge < -0.3 is 5.32 Å². The molecule has 0 spiro atoms. The molecule has 1 unspecified atom stereocenters. The minimum Gasteiger partial charge on any atom is -0.324 e. The summed E-state index contributed by atoms with van der Waals surface area (Å²) in [5.74, 6) is -0.210. The fourth-order valence-corrected chi connectivity index (χ4v) is 3.54. The standard InChI is InChI=1S/C16H14N6OS2/c1-11(15(23)18-14-7-3-2-5-12(14)9-17)25-16-19-20-21-22(16)10-13-6-4-8-24-13/h2-8,11H,10H2,1H3,(H,18,23). The lowest BCUT2D eigenvalue weighted by molar-refractivity contribution is -0.115. The topological polar surface area (TPSA) is 96.5 Å². The number of amides is 1. The van der Waals surface area contributed by atoms with Crippen molar-refractivity contribution in [3.8, 4) is 6.07 Å². The molecule has 25 heavy (non-hydrogen) atoms. The number of rotatable bonds is 6. The van der Waals surface area contributed by atoms with E-state index in [2.05, 4.69) is 26.9 Å². The molecule has 1 aromatic carbocycles. The van der Waals surface area contributed by atoms with E-state index in [0.717, 1.165) is 4.88 Å². The Balaban J connectivity index is 1.66. The van der Waals surface area contributed by atoms with Gasteiger partial charge in [0.2, 0.25) is 11.1 Å². The summed E-state index contributed by atoms with van der Waals surface area (Å²) in [7, 11) is 0. The zero-order chi connectivity index (χ0) is 17.6. The van der Waals surface area contributed by atoms with Crippen LogP contribution in [0.2, 0.25) is 0 Å². The number of benzene rings is 1. The van der Waals surface area contributed by atoms with Crippen LogP contribution in [-0.4, -0.2) is 31.4 Å². The number of thioether (sulfide) groups is 1. The summed E-state index contributed by atoms with van der Waals surface area (Å²) in [6, 6.07) is 12.9. The number of nitriles is 1. The number of tetrazole rings is 1. The zero-order valence-corrected chi connectivity index (χ0v) is 14.9. The molecule has 0 bridgehead atoms. The molecular weight excluding hydrogens is 356 g/mol. The van der Waals surface area contributed by atoms with Gasteiger partial charge in [-0.3, -0.25) is 4.79 Å². The lowest BCUT2D eigenvalue weighted by atomic mass is 10.2. The fraction of sp³-hybridized carbons (Fsp3) is 0.188. The first-order valence-electron chi connectivity index (χ1n) is 7.42. The van der Waals surface area contributed by atoms with Crippen LogP contribution in [0.15, 0.2) is 46.9 Å². The van der Waals surface area contributed by atoms with Crippen LogP contribution in [-0.2, 0) is 11.3 Å². The van der Waals surface area contributed by atoms with E-state index in [9.17, 15) is 4.79 Å². The van der Waals surface area contributed by atoms with Crippen molar-refractivity contribution in [2.75, 3.05) is 5.32 Å². The summed E-state index contributed by atoms with van der Waals surface area (Å²) in [5.41, 5.74) is 0.927. The highest BCUT2D eigenvalue weighted by Crippen LogP contribution is 2.23. The van der Waals surface area contributed by atoms with E-state index >= 15 is 0 Å². The molecule has 1 N–H and O–H groups in total. The van der Waals surface area contributed by atoms with Crippen LogP contribution in [0.3, 0.4) is 0 Å². The first-order chi connectivity index (χ1) is 12.2. The minimum absolute atomic E-state index is 0.210. The maximum absolute atomic E-state index is 12.4. The summed E-state index contributed by atoms with van der Waals surface area (Å²) in [6.07, 6.45) is 0. The molecule has 0 aliphatic heterocycles. The molecule has 7 nitrogen and oxygen atoms in total. The van der Waals surface area contributed by atoms with Gasteiger partial charge in [0.05, 0.1) is 23.0 Å². The monoisotopic (exact) mass is 370 g/mol. The number of thiophene rings is 1. The number of carbonyl (C=O) groups excluding carboxylic acids is 1. The largest absolute Gasteiger partial charge is 0.324 e. The van der Waals surface area contributed by atoms with Crippen LogP contribution in [0.4, 0.5) is 5.69 Å². The maximum Gasteiger partial charge on any atom is 0.237 e. The Bertz CT molecular complexity index is 899. The predicted octanol–water partition coefficient (Wildman–Crippen LogP) is 2.77. The van der Waals surface area contributed by atoms with Crippen molar-refractivity contribution in [3.63, 3.8) is 0 Å². The summed E-state index contributed by atoms with van der Waals surface area (Å²) < 4.78 is 1.67. The highest BCUT2D eigenvalue weighted by Gasteiger charge is 2.19. The Labute approximate surface area is 152 Å². The minimum atomic E-state index is -0.417. The van der Waals surface area contributed by atoms with E-state index in [-0.39, 0.29) is 5.91 Å². The first kappa shape index (κ1) is 17.1. The lowest BCUT2D eigenvalue weighted by Crippen LogP contribution is -2.23. The van der Waals surface area contributed by atoms with Crippen LogP contribution < -0.4 is 5.32 Å². The number of para-hydroxylation sites is 1. The Kier molecular flexibility index (Phi) is 5.42. The Hall–Kier alpha value is -2.70. The van der Waals surface area contributed by atoms with Crippen molar-refractivity contribution in [3.05, 3.63) is 52.2 Å². The van der Waals surface area contributed by atoms with E-state index in [1.54, 1.807) is 47.2 Å². The molecule has 126 valence electrons. The number of anilines is 1. The molecule has 0 saturated heterocycles. The van der Waals surface area contributed by atoms with Gasteiger partial charge in [0.25, 0.3) is 0 Å². The highest BCUT2D eigenvalue weighted by atomic mass is 32.2. The van der Waals surface area contributed by atoms with Gasteiger partial charge in [-0.25, -0.2) is 4.68 Å². The third-order valence-electron chi connectivity index (χ3n) is 3.34. The van der Waals surface area contributed by atoms with Crippen LogP contribution in [0.5, 0.6) is 0 Å². The summed E-state index contributed by atoms with van der Waals surface area (Å²) in [6.45, 7) is 2.34. The van der Waals surface area contributed by atoms with Crippen LogP contribution >= 0.6 is 23.1 Å². The smallest absolute Gasteiger partial charge is 0.237 e. The van der Waals surface area contributed by atoms with Crippen molar-refractivity contribution in [2.45, 2.75) is 23.9 Å². The van der Waals surface area contributed by atoms with Gasteiger partial charge in [0.15, 0.2) is 0 Å². The Morgan fingerprint density at radius 2 is 2.24 bits per heavy atom. The van der Waals surface area contributed by atoms with Gasteiger partial charge in [-0.2, -0.15) is 5.26 Å². The number of aromatic nitrogens is 4. The van der Waals surface area contributed by atoms with E-state index < -0.39 is 5.25 Å². The summed E-state index contributed by atoms with van der Waals surface area (Å²) in [5, 5.41) is 25.7. The van der Waals surface area contributed by atoms with Crippen molar-refractivity contribution in [1.82, 2.24) is 20.2 Å². The molecule has 0 radical (unpaired) electrons. The van der Waals surface area contributed by atoms with Crippen molar-refractivity contribution < 1.29 is 4.79 Å². The van der Waals surface area contributed by atoms with Gasteiger partial charge in [-0.05, 0) is 40.9 Å². The quantitative estimate of drug-likeness (QED) is 0.670. The SMILES string of the molecule is CC(Sc1nnnn1Cc1cccs1)C(=O)Nc1ccccc1C#N. The van der Waals surface area contributed by atoms with Gasteiger partial charge >= 0.3 is 0 Å². The van der Waals surface area contributed by atoms with Crippen molar-refractivity contribution in [1.29, 1.82) is 5.26 Å². The van der Waals surface area contributed by atoms with Gasteiger partial charge in [-0.1, -0.05) is 30.0 Å². The third kappa shape index (κ3) is 4.23. The van der Waals surface area contributed by atoms with E-state index in [1.807, 2.05) is 17.5 Å². The maximum atomic E-state index is 12.4. The molecule has 3 aromatic rings. The van der Waals surface area contributed by atoms with Gasteiger partial charge in [0, 0.05) is 4.88 Å². The molecule has 0 aliphatic carbocycles. The second-order valence-electron chi connectivity index (χ2n) is 5.11. The highest BCUT2D eigenvalue weighted by molar-refractivity contribution is 8.00. The summed E-state index contributed by atoms with van der Waals surface area (Å²) >= 11 is 2.90. The summed E-state index contributed by atoms with van der Waals surface area (Å²) in [4.78, 5) is 13.6. The molecule has 0 saturated carbocycles. The van der Waals surface area contributed by atoms with Crippen molar-refractivity contribution in [2.24, 2.45) is 0 Å². The average molecular weight is 370 g/mol. The molecule has 9 heteroatoms. The average Bonchev–Trinajstić information content (AvgIpc) is 3.28. The predicted molar refractivity (Wildman–Crippen MR) is 96.3 cm³/mol. The van der Waals surface area contributed by atoms with Crippen molar-refractivity contribution >= 4 is 34.7 Å². The van der Waals surface area contributed by atoms with Crippen LogP contribution in [0.1, 0.15) is 17.4 Å². The van der Waals surface area contributed by atoms with E-state index in [0.29, 0.717) is 23.0 Å². The number of carbonyl (C=O) groups is 1. The second-order valence-corrected chi connectivity index (χ2v) is 7.45. The molecule has 1 amide bonds. The zero-order valence-electron chi connectivity index (χ0n) is 13.3. The third-order valence-corrected chi connectivity index (χ3v) is 5.27. The number of hydrogen-bond acceptors (Lipinski definition) is 7. The normalized spacial score (nSPS) is 11.7. The van der Waals surface area contributed by atoms with E-state index in [1.165, 1.54) is 11.8 Å². The Morgan fingerprint density at radius 3 is 3.00 bits per heavy atom. The number of nitrogens with one attached hydrogen (secondary N) is 1. The molecule has 2 heterocycles. The molecular formula is C16H14N6OS2. The second kappa shape index (κ2) is 7.92.